The Labute approximate surface area is 97.7 Å². The van der Waals surface area contributed by atoms with Gasteiger partial charge in [-0.2, -0.15) is 16.8 Å². The van der Waals surface area contributed by atoms with Crippen LogP contribution in [-0.4, -0.2) is 54.0 Å². The molecule has 0 aliphatic carbocycles. The second-order valence-electron chi connectivity index (χ2n) is 2.51. The summed E-state index contributed by atoms with van der Waals surface area (Å²) >= 11 is 2.56. The van der Waals surface area contributed by atoms with E-state index in [1.807, 2.05) is 0 Å². The predicted octanol–water partition coefficient (Wildman–Crippen LogP) is 0.186. The molecule has 0 heterocycles. The first-order chi connectivity index (χ1) is 6.71. The van der Waals surface area contributed by atoms with Crippen LogP contribution in [0.25, 0.3) is 0 Å². The monoisotopic (exact) mass is 296 g/mol. The predicted molar refractivity (Wildman–Crippen MR) is 62.6 cm³/mol. The standard InChI is InChI=1S/C5H12O6S4/c6-14(7,8)3-1-12-5-13-2-4-15(9,10)11/h1-5H2,(H,6,7,8)(H,9,10,11). The van der Waals surface area contributed by atoms with Gasteiger partial charge in [-0.05, 0) is 0 Å². The largest absolute Gasteiger partial charge is 0.286 e. The molecule has 0 aromatic rings. The van der Waals surface area contributed by atoms with Crippen LogP contribution >= 0.6 is 23.5 Å². The van der Waals surface area contributed by atoms with Gasteiger partial charge in [-0.3, -0.25) is 9.11 Å². The highest BCUT2D eigenvalue weighted by atomic mass is 32.2. The molecule has 0 bridgehead atoms. The van der Waals surface area contributed by atoms with Gasteiger partial charge in [-0.25, -0.2) is 0 Å². The van der Waals surface area contributed by atoms with Crippen molar-refractivity contribution in [3.8, 4) is 0 Å². The van der Waals surface area contributed by atoms with Crippen molar-refractivity contribution < 1.29 is 25.9 Å². The molecule has 0 aromatic heterocycles. The van der Waals surface area contributed by atoms with Crippen molar-refractivity contribution in [3.05, 3.63) is 0 Å². The average Bonchev–Trinajstić information content (AvgIpc) is 1.98. The maximum absolute atomic E-state index is 10.3. The van der Waals surface area contributed by atoms with Crippen LogP contribution in [-0.2, 0) is 20.2 Å². The molecule has 0 radical (unpaired) electrons. The van der Waals surface area contributed by atoms with Gasteiger partial charge in [-0.15, -0.1) is 23.5 Å². The number of hydrogen-bond donors (Lipinski definition) is 2. The van der Waals surface area contributed by atoms with Gasteiger partial charge in [0.1, 0.15) is 0 Å². The lowest BCUT2D eigenvalue weighted by Crippen LogP contribution is -2.07. The Morgan fingerprint density at radius 1 is 0.800 bits per heavy atom. The zero-order chi connectivity index (χ0) is 11.9. The van der Waals surface area contributed by atoms with Crippen LogP contribution < -0.4 is 0 Å². The molecular formula is C5H12O6S4. The van der Waals surface area contributed by atoms with Crippen LogP contribution in [0.3, 0.4) is 0 Å². The fourth-order valence-corrected chi connectivity index (χ4v) is 4.55. The number of thioether (sulfide) groups is 2. The molecule has 0 aromatic carbocycles. The van der Waals surface area contributed by atoms with Gasteiger partial charge in [0, 0.05) is 16.6 Å². The van der Waals surface area contributed by atoms with E-state index in [-0.39, 0.29) is 23.0 Å². The highest BCUT2D eigenvalue weighted by Gasteiger charge is 2.05. The van der Waals surface area contributed by atoms with Crippen LogP contribution in [0.5, 0.6) is 0 Å². The third kappa shape index (κ3) is 14.5. The molecule has 6 nitrogen and oxygen atoms in total. The zero-order valence-electron chi connectivity index (χ0n) is 7.70. The molecule has 10 heteroatoms. The highest BCUT2D eigenvalue weighted by Crippen LogP contribution is 2.12. The normalized spacial score (nSPS) is 12.9. The lowest BCUT2D eigenvalue weighted by Gasteiger charge is -1.99. The minimum Gasteiger partial charge on any atom is -0.286 e. The van der Waals surface area contributed by atoms with E-state index in [4.69, 9.17) is 9.11 Å². The lowest BCUT2D eigenvalue weighted by molar-refractivity contribution is 0.483. The molecule has 0 aliphatic rings. The van der Waals surface area contributed by atoms with Crippen LogP contribution in [0.2, 0.25) is 0 Å². The second kappa shape index (κ2) is 6.97. The summed E-state index contributed by atoms with van der Waals surface area (Å²) in [5.41, 5.74) is 0. The Morgan fingerprint density at radius 3 is 1.40 bits per heavy atom. The van der Waals surface area contributed by atoms with Crippen LogP contribution in [0, 0.1) is 0 Å². The van der Waals surface area contributed by atoms with E-state index in [0.29, 0.717) is 5.08 Å². The van der Waals surface area contributed by atoms with E-state index in [2.05, 4.69) is 0 Å². The third-order valence-electron chi connectivity index (χ3n) is 1.14. The Morgan fingerprint density at radius 2 is 1.13 bits per heavy atom. The molecule has 92 valence electrons. The summed E-state index contributed by atoms with van der Waals surface area (Å²) in [5.74, 6) is -0.0948. The Balaban J connectivity index is 3.34. The SMILES string of the molecule is O=S(=O)(O)CCSCSCCS(=O)(=O)O. The third-order valence-corrected chi connectivity index (χ3v) is 5.41. The maximum Gasteiger partial charge on any atom is 0.265 e. The molecule has 0 saturated heterocycles. The quantitative estimate of drug-likeness (QED) is 0.371. The van der Waals surface area contributed by atoms with Gasteiger partial charge >= 0.3 is 0 Å². The van der Waals surface area contributed by atoms with E-state index in [1.54, 1.807) is 0 Å². The van der Waals surface area contributed by atoms with Gasteiger partial charge in [-0.1, -0.05) is 0 Å². The van der Waals surface area contributed by atoms with Crippen LogP contribution in [0.4, 0.5) is 0 Å². The molecule has 15 heavy (non-hydrogen) atoms. The van der Waals surface area contributed by atoms with Crippen molar-refractivity contribution in [2.75, 3.05) is 28.1 Å². The Hall–Kier alpha value is 0.520. The van der Waals surface area contributed by atoms with Crippen molar-refractivity contribution >= 4 is 43.8 Å². The molecule has 0 spiro atoms. The van der Waals surface area contributed by atoms with Crippen LogP contribution in [0.15, 0.2) is 0 Å². The lowest BCUT2D eigenvalue weighted by atomic mass is 11.0. The van der Waals surface area contributed by atoms with E-state index in [0.717, 1.165) is 0 Å². The van der Waals surface area contributed by atoms with Crippen LogP contribution in [0.1, 0.15) is 0 Å². The van der Waals surface area contributed by atoms with E-state index >= 15 is 0 Å². The molecule has 0 unspecified atom stereocenters. The summed E-state index contributed by atoms with van der Waals surface area (Å²) in [6.45, 7) is 0. The van der Waals surface area contributed by atoms with Gasteiger partial charge in [0.25, 0.3) is 20.2 Å². The molecule has 0 fully saturated rings. The van der Waals surface area contributed by atoms with Gasteiger partial charge < -0.3 is 0 Å². The van der Waals surface area contributed by atoms with E-state index < -0.39 is 20.2 Å². The first-order valence-electron chi connectivity index (χ1n) is 3.76. The minimum atomic E-state index is -3.91. The number of rotatable bonds is 8. The molecule has 0 aliphatic heterocycles. The van der Waals surface area contributed by atoms with Crippen molar-refractivity contribution in [3.63, 3.8) is 0 Å². The molecular weight excluding hydrogens is 284 g/mol. The smallest absolute Gasteiger partial charge is 0.265 e. The highest BCUT2D eigenvalue weighted by molar-refractivity contribution is 8.16. The Kier molecular flexibility index (Phi) is 7.21. The zero-order valence-corrected chi connectivity index (χ0v) is 11.0. The summed E-state index contributed by atoms with van der Waals surface area (Å²) in [5, 5.41) is 0.519. The summed E-state index contributed by atoms with van der Waals surface area (Å²) in [6.07, 6.45) is 0. The van der Waals surface area contributed by atoms with Crippen molar-refractivity contribution in [2.45, 2.75) is 0 Å². The topological polar surface area (TPSA) is 109 Å². The fraction of sp³-hybridized carbons (Fsp3) is 1.00. The first-order valence-corrected chi connectivity index (χ1v) is 9.29. The minimum absolute atomic E-state index is 0.262. The van der Waals surface area contributed by atoms with Gasteiger partial charge in [0.05, 0.1) is 11.5 Å². The fourth-order valence-electron chi connectivity index (χ4n) is 0.505. The summed E-state index contributed by atoms with van der Waals surface area (Å²) in [6, 6.07) is 0. The molecule has 0 saturated carbocycles. The van der Waals surface area contributed by atoms with Crippen molar-refractivity contribution in [2.24, 2.45) is 0 Å². The Bertz CT molecular complexity index is 321. The van der Waals surface area contributed by atoms with Crippen molar-refractivity contribution in [1.29, 1.82) is 0 Å². The first kappa shape index (κ1) is 15.5. The van der Waals surface area contributed by atoms with Gasteiger partial charge in [0.2, 0.25) is 0 Å². The molecule has 2 N–H and O–H groups in total. The second-order valence-corrected chi connectivity index (χ2v) is 8.23. The number of hydrogen-bond acceptors (Lipinski definition) is 6. The van der Waals surface area contributed by atoms with E-state index in [1.165, 1.54) is 23.5 Å². The molecule has 0 atom stereocenters. The molecule has 0 rings (SSSR count). The summed E-state index contributed by atoms with van der Waals surface area (Å²) in [4.78, 5) is 0. The molecule has 0 amide bonds. The van der Waals surface area contributed by atoms with Crippen molar-refractivity contribution in [1.82, 2.24) is 0 Å². The summed E-state index contributed by atoms with van der Waals surface area (Å²) in [7, 11) is -7.81. The average molecular weight is 296 g/mol. The van der Waals surface area contributed by atoms with E-state index in [9.17, 15) is 16.8 Å². The summed E-state index contributed by atoms with van der Waals surface area (Å²) < 4.78 is 57.8. The van der Waals surface area contributed by atoms with Gasteiger partial charge in [0.15, 0.2) is 0 Å². The maximum atomic E-state index is 10.3.